The lowest BCUT2D eigenvalue weighted by molar-refractivity contribution is -0.0294. The highest BCUT2D eigenvalue weighted by Crippen LogP contribution is 2.38. The summed E-state index contributed by atoms with van der Waals surface area (Å²) in [6.07, 6.45) is 2.76. The number of imidazole rings is 1. The van der Waals surface area contributed by atoms with Gasteiger partial charge in [-0.1, -0.05) is 44.2 Å². The van der Waals surface area contributed by atoms with Gasteiger partial charge in [0.05, 0.1) is 25.2 Å². The van der Waals surface area contributed by atoms with Gasteiger partial charge < -0.3 is 14.5 Å². The number of aromatic nitrogens is 2. The van der Waals surface area contributed by atoms with Crippen molar-refractivity contribution in [3.63, 3.8) is 0 Å². The van der Waals surface area contributed by atoms with Crippen LogP contribution in [0.15, 0.2) is 48.8 Å². The van der Waals surface area contributed by atoms with E-state index in [9.17, 15) is 0 Å². The van der Waals surface area contributed by atoms with E-state index in [0.717, 1.165) is 49.7 Å². The van der Waals surface area contributed by atoms with Crippen LogP contribution in [0.5, 0.6) is 5.75 Å². The maximum atomic E-state index is 5.84. The standard InChI is InChI=1S/C27H36N4O2/c1-6-30(7-2)27(33-5)21-10-8-20(9-11-21)26-24-13-12-23(32-4)16-22(24)14-15-31(26)17-25-19(3)28-18-29-25/h8-13,16,18,26-27H,6-7,14-15,17H2,1-5H3,(H,28,29)/t26-,27?/m0/s1. The Morgan fingerprint density at radius 2 is 1.88 bits per heavy atom. The molecule has 0 saturated heterocycles. The van der Waals surface area contributed by atoms with E-state index in [0.29, 0.717) is 0 Å². The van der Waals surface area contributed by atoms with Crippen molar-refractivity contribution in [1.82, 2.24) is 19.8 Å². The number of benzene rings is 2. The topological polar surface area (TPSA) is 53.6 Å². The summed E-state index contributed by atoms with van der Waals surface area (Å²) in [4.78, 5) is 12.6. The molecule has 6 nitrogen and oxygen atoms in total. The van der Waals surface area contributed by atoms with Crippen LogP contribution in [0.2, 0.25) is 0 Å². The summed E-state index contributed by atoms with van der Waals surface area (Å²) in [5.41, 5.74) is 7.41. The molecule has 1 aliphatic rings. The molecule has 3 aromatic rings. The largest absolute Gasteiger partial charge is 0.497 e. The maximum absolute atomic E-state index is 5.84. The number of rotatable bonds is 9. The minimum atomic E-state index is -0.0280. The zero-order chi connectivity index (χ0) is 23.4. The SMILES string of the molecule is CCN(CC)C(OC)c1ccc([C@H]2c3ccc(OC)cc3CCN2Cc2nc[nH]c2C)cc1. The molecule has 0 bridgehead atoms. The fraction of sp³-hybridized carbons (Fsp3) is 0.444. The quantitative estimate of drug-likeness (QED) is 0.474. The Labute approximate surface area is 197 Å². The molecule has 0 saturated carbocycles. The Kier molecular flexibility index (Phi) is 7.48. The van der Waals surface area contributed by atoms with E-state index in [-0.39, 0.29) is 12.3 Å². The molecular weight excluding hydrogens is 412 g/mol. The lowest BCUT2D eigenvalue weighted by atomic mass is 9.87. The highest BCUT2D eigenvalue weighted by atomic mass is 16.5. The van der Waals surface area contributed by atoms with Crippen LogP contribution < -0.4 is 4.74 Å². The van der Waals surface area contributed by atoms with Crippen molar-refractivity contribution in [3.8, 4) is 5.75 Å². The zero-order valence-electron chi connectivity index (χ0n) is 20.5. The molecular formula is C27H36N4O2. The van der Waals surface area contributed by atoms with Crippen LogP contribution in [0.1, 0.15) is 59.8 Å². The van der Waals surface area contributed by atoms with Crippen LogP contribution >= 0.6 is 0 Å². The number of hydrogen-bond acceptors (Lipinski definition) is 5. The van der Waals surface area contributed by atoms with Crippen molar-refractivity contribution in [2.75, 3.05) is 33.9 Å². The third-order valence-electron chi connectivity index (χ3n) is 6.87. The molecule has 33 heavy (non-hydrogen) atoms. The van der Waals surface area contributed by atoms with Crippen molar-refractivity contribution < 1.29 is 9.47 Å². The van der Waals surface area contributed by atoms with Crippen LogP contribution in [0.25, 0.3) is 0 Å². The molecule has 176 valence electrons. The average Bonchev–Trinajstić information content (AvgIpc) is 3.26. The Morgan fingerprint density at radius 3 is 2.48 bits per heavy atom. The van der Waals surface area contributed by atoms with Crippen molar-refractivity contribution >= 4 is 0 Å². The smallest absolute Gasteiger partial charge is 0.136 e. The van der Waals surface area contributed by atoms with Crippen molar-refractivity contribution in [2.24, 2.45) is 0 Å². The molecule has 2 aromatic carbocycles. The molecule has 4 rings (SSSR count). The molecule has 1 aliphatic heterocycles. The van der Waals surface area contributed by atoms with Crippen molar-refractivity contribution in [3.05, 3.63) is 82.4 Å². The van der Waals surface area contributed by atoms with Gasteiger partial charge in [0.25, 0.3) is 0 Å². The van der Waals surface area contributed by atoms with Gasteiger partial charge in [0.1, 0.15) is 12.0 Å². The highest BCUT2D eigenvalue weighted by Gasteiger charge is 2.30. The second kappa shape index (κ2) is 10.5. The summed E-state index contributed by atoms with van der Waals surface area (Å²) in [6, 6.07) is 15.6. The first kappa shape index (κ1) is 23.5. The Hall–Kier alpha value is -2.67. The molecule has 1 N–H and O–H groups in total. The number of aromatic amines is 1. The third kappa shape index (κ3) is 4.83. The second-order valence-electron chi connectivity index (χ2n) is 8.64. The molecule has 1 aromatic heterocycles. The van der Waals surface area contributed by atoms with Crippen LogP contribution in [0, 0.1) is 6.92 Å². The number of fused-ring (bicyclic) bond motifs is 1. The van der Waals surface area contributed by atoms with E-state index in [4.69, 9.17) is 9.47 Å². The molecule has 0 fully saturated rings. The fourth-order valence-electron chi connectivity index (χ4n) is 4.98. The van der Waals surface area contributed by atoms with E-state index in [2.05, 4.69) is 83.0 Å². The van der Waals surface area contributed by atoms with E-state index >= 15 is 0 Å². The van der Waals surface area contributed by atoms with Gasteiger partial charge in [-0.2, -0.15) is 0 Å². The molecule has 0 aliphatic carbocycles. The average molecular weight is 449 g/mol. The van der Waals surface area contributed by atoms with Crippen molar-refractivity contribution in [1.29, 1.82) is 0 Å². The normalized spacial score (nSPS) is 17.2. The number of ether oxygens (including phenoxy) is 2. The summed E-state index contributed by atoms with van der Waals surface area (Å²) in [5, 5.41) is 0. The summed E-state index contributed by atoms with van der Waals surface area (Å²) in [6.45, 7) is 10.1. The fourth-order valence-corrected chi connectivity index (χ4v) is 4.98. The predicted molar refractivity (Wildman–Crippen MR) is 131 cm³/mol. The number of hydrogen-bond donors (Lipinski definition) is 1. The molecule has 0 spiro atoms. The number of nitrogens with zero attached hydrogens (tertiary/aromatic N) is 3. The first-order chi connectivity index (χ1) is 16.1. The Balaban J connectivity index is 1.70. The van der Waals surface area contributed by atoms with Gasteiger partial charge in [-0.3, -0.25) is 9.80 Å². The van der Waals surface area contributed by atoms with Crippen LogP contribution in [-0.2, 0) is 17.7 Å². The molecule has 2 atom stereocenters. The molecule has 6 heteroatoms. The van der Waals surface area contributed by atoms with E-state index in [1.165, 1.54) is 22.3 Å². The summed E-state index contributed by atoms with van der Waals surface area (Å²) >= 11 is 0. The zero-order valence-corrected chi connectivity index (χ0v) is 20.5. The first-order valence-electron chi connectivity index (χ1n) is 11.9. The minimum Gasteiger partial charge on any atom is -0.497 e. The first-order valence-corrected chi connectivity index (χ1v) is 11.9. The second-order valence-corrected chi connectivity index (χ2v) is 8.64. The Morgan fingerprint density at radius 1 is 1.12 bits per heavy atom. The summed E-state index contributed by atoms with van der Waals surface area (Å²) < 4.78 is 11.3. The molecule has 0 radical (unpaired) electrons. The molecule has 1 unspecified atom stereocenters. The number of H-pyrrole nitrogens is 1. The van der Waals surface area contributed by atoms with Crippen LogP contribution in [0.4, 0.5) is 0 Å². The summed E-state index contributed by atoms with van der Waals surface area (Å²) in [7, 11) is 3.52. The minimum absolute atomic E-state index is 0.0280. The lowest BCUT2D eigenvalue weighted by Crippen LogP contribution is -2.36. The van der Waals surface area contributed by atoms with Crippen LogP contribution in [-0.4, -0.2) is 53.6 Å². The highest BCUT2D eigenvalue weighted by molar-refractivity contribution is 5.44. The molecule has 0 amide bonds. The van der Waals surface area contributed by atoms with Gasteiger partial charge >= 0.3 is 0 Å². The summed E-state index contributed by atoms with van der Waals surface area (Å²) in [5.74, 6) is 0.918. The van der Waals surface area contributed by atoms with Crippen molar-refractivity contribution in [2.45, 2.75) is 46.0 Å². The van der Waals surface area contributed by atoms with Gasteiger partial charge in [-0.25, -0.2) is 4.98 Å². The monoisotopic (exact) mass is 448 g/mol. The van der Waals surface area contributed by atoms with E-state index in [1.54, 1.807) is 20.5 Å². The van der Waals surface area contributed by atoms with E-state index in [1.807, 2.05) is 0 Å². The third-order valence-corrected chi connectivity index (χ3v) is 6.87. The maximum Gasteiger partial charge on any atom is 0.136 e. The Bertz CT molecular complexity index is 1040. The van der Waals surface area contributed by atoms with Gasteiger partial charge in [0, 0.05) is 25.9 Å². The van der Waals surface area contributed by atoms with E-state index < -0.39 is 0 Å². The number of aryl methyl sites for hydroxylation is 1. The number of methoxy groups -OCH3 is 2. The lowest BCUT2D eigenvalue weighted by Gasteiger charge is -2.38. The predicted octanol–water partition coefficient (Wildman–Crippen LogP) is 4.86. The van der Waals surface area contributed by atoms with Gasteiger partial charge in [0.2, 0.25) is 0 Å². The number of nitrogens with one attached hydrogen (secondary N) is 1. The molecule has 2 heterocycles. The van der Waals surface area contributed by atoms with Gasteiger partial charge in [0.15, 0.2) is 0 Å². The van der Waals surface area contributed by atoms with Crippen LogP contribution in [0.3, 0.4) is 0 Å². The van der Waals surface area contributed by atoms with Gasteiger partial charge in [-0.05, 0) is 60.8 Å². The van der Waals surface area contributed by atoms with Gasteiger partial charge in [-0.15, -0.1) is 0 Å².